The van der Waals surface area contributed by atoms with Crippen molar-refractivity contribution >= 4 is 22.4 Å². The standard InChI is InChI=1S/C21H25N5O3S/c1-12-5-6-16(7-22-12)19-18(8-23-20(27)17-11-28-25-15(17)4)24-21(30-19)26-9-13(2)29-14(3)10-26/h5-7,11,13-14H,8-10H2,1-4H3,(H,23,27)/t13-,14+. The minimum absolute atomic E-state index is 0.141. The normalized spacial score (nSPS) is 19.1. The van der Waals surface area contributed by atoms with Crippen molar-refractivity contribution in [2.24, 2.45) is 0 Å². The number of thiazole rings is 1. The maximum absolute atomic E-state index is 12.5. The number of anilines is 1. The fourth-order valence-corrected chi connectivity index (χ4v) is 4.62. The molecule has 2 atom stereocenters. The van der Waals surface area contributed by atoms with Crippen LogP contribution in [0.25, 0.3) is 10.4 Å². The molecule has 0 unspecified atom stereocenters. The summed E-state index contributed by atoms with van der Waals surface area (Å²) >= 11 is 1.62. The summed E-state index contributed by atoms with van der Waals surface area (Å²) in [6, 6.07) is 4.02. The summed E-state index contributed by atoms with van der Waals surface area (Å²) in [4.78, 5) is 25.1. The van der Waals surface area contributed by atoms with Gasteiger partial charge in [0, 0.05) is 30.5 Å². The lowest BCUT2D eigenvalue weighted by molar-refractivity contribution is -0.00523. The fraction of sp³-hybridized carbons (Fsp3) is 0.429. The second-order valence-electron chi connectivity index (χ2n) is 7.62. The first kappa shape index (κ1) is 20.5. The maximum atomic E-state index is 12.5. The molecule has 8 nitrogen and oxygen atoms in total. The van der Waals surface area contributed by atoms with Gasteiger partial charge in [-0.15, -0.1) is 0 Å². The van der Waals surface area contributed by atoms with Crippen LogP contribution in [0.4, 0.5) is 5.13 Å². The third kappa shape index (κ3) is 4.36. The number of carbonyl (C=O) groups is 1. The van der Waals surface area contributed by atoms with Crippen LogP contribution in [0, 0.1) is 13.8 Å². The van der Waals surface area contributed by atoms with Crippen LogP contribution in [0.5, 0.6) is 0 Å². The molecule has 1 saturated heterocycles. The van der Waals surface area contributed by atoms with Gasteiger partial charge in [0.15, 0.2) is 5.13 Å². The lowest BCUT2D eigenvalue weighted by Gasteiger charge is -2.35. The highest BCUT2D eigenvalue weighted by atomic mass is 32.1. The Hall–Kier alpha value is -2.78. The van der Waals surface area contributed by atoms with E-state index in [0.717, 1.165) is 40.0 Å². The minimum Gasteiger partial charge on any atom is -0.372 e. The van der Waals surface area contributed by atoms with Crippen molar-refractivity contribution in [1.29, 1.82) is 0 Å². The molecule has 3 aromatic heterocycles. The predicted octanol–water partition coefficient (Wildman–Crippen LogP) is 3.35. The van der Waals surface area contributed by atoms with E-state index in [2.05, 4.69) is 34.2 Å². The molecule has 0 aliphatic carbocycles. The number of hydrogen-bond acceptors (Lipinski definition) is 8. The van der Waals surface area contributed by atoms with Gasteiger partial charge in [-0.1, -0.05) is 22.6 Å². The van der Waals surface area contributed by atoms with E-state index in [9.17, 15) is 4.79 Å². The fourth-order valence-electron chi connectivity index (χ4n) is 3.53. The first-order chi connectivity index (χ1) is 14.4. The van der Waals surface area contributed by atoms with Crippen molar-refractivity contribution in [2.75, 3.05) is 18.0 Å². The number of hydrogen-bond donors (Lipinski definition) is 1. The molecule has 1 N–H and O–H groups in total. The summed E-state index contributed by atoms with van der Waals surface area (Å²) in [7, 11) is 0. The number of rotatable bonds is 5. The topological polar surface area (TPSA) is 93.4 Å². The molecule has 9 heteroatoms. The molecule has 1 fully saturated rings. The molecule has 158 valence electrons. The Labute approximate surface area is 179 Å². The zero-order valence-electron chi connectivity index (χ0n) is 17.5. The number of aryl methyl sites for hydroxylation is 2. The van der Waals surface area contributed by atoms with Crippen LogP contribution < -0.4 is 10.2 Å². The van der Waals surface area contributed by atoms with Crippen LogP contribution in [0.2, 0.25) is 0 Å². The van der Waals surface area contributed by atoms with Gasteiger partial charge in [-0.25, -0.2) is 4.98 Å². The van der Waals surface area contributed by atoms with Crippen molar-refractivity contribution in [3.63, 3.8) is 0 Å². The molecule has 0 saturated carbocycles. The van der Waals surface area contributed by atoms with Crippen molar-refractivity contribution < 1.29 is 14.1 Å². The highest BCUT2D eigenvalue weighted by Gasteiger charge is 2.26. The van der Waals surface area contributed by atoms with E-state index in [1.165, 1.54) is 6.26 Å². The van der Waals surface area contributed by atoms with Gasteiger partial charge in [-0.3, -0.25) is 9.78 Å². The third-order valence-corrected chi connectivity index (χ3v) is 6.17. The third-order valence-electron chi connectivity index (χ3n) is 4.96. The summed E-state index contributed by atoms with van der Waals surface area (Å²) < 4.78 is 10.7. The van der Waals surface area contributed by atoms with E-state index < -0.39 is 0 Å². The van der Waals surface area contributed by atoms with Gasteiger partial charge in [0.1, 0.15) is 11.8 Å². The smallest absolute Gasteiger partial charge is 0.256 e. The van der Waals surface area contributed by atoms with Gasteiger partial charge in [-0.2, -0.15) is 0 Å². The lowest BCUT2D eigenvalue weighted by atomic mass is 10.2. The molecule has 1 aliphatic heterocycles. The summed E-state index contributed by atoms with van der Waals surface area (Å²) in [5, 5.41) is 7.64. The number of pyridine rings is 1. The van der Waals surface area contributed by atoms with Gasteiger partial charge in [0.2, 0.25) is 0 Å². The van der Waals surface area contributed by atoms with Crippen LogP contribution in [0.1, 0.15) is 41.3 Å². The molecule has 0 spiro atoms. The molecule has 30 heavy (non-hydrogen) atoms. The van der Waals surface area contributed by atoms with Crippen LogP contribution in [-0.4, -0.2) is 46.3 Å². The number of morpholine rings is 1. The van der Waals surface area contributed by atoms with Gasteiger partial charge in [-0.05, 0) is 33.8 Å². The Morgan fingerprint density at radius 3 is 2.67 bits per heavy atom. The quantitative estimate of drug-likeness (QED) is 0.667. The molecular formula is C21H25N5O3S. The van der Waals surface area contributed by atoms with E-state index in [4.69, 9.17) is 14.2 Å². The summed E-state index contributed by atoms with van der Waals surface area (Å²) in [5.41, 5.74) is 3.75. The predicted molar refractivity (Wildman–Crippen MR) is 115 cm³/mol. The van der Waals surface area contributed by atoms with E-state index in [1.807, 2.05) is 25.3 Å². The molecule has 0 radical (unpaired) electrons. The summed E-state index contributed by atoms with van der Waals surface area (Å²) in [5.74, 6) is -0.232. The highest BCUT2D eigenvalue weighted by molar-refractivity contribution is 7.19. The molecule has 0 bridgehead atoms. The first-order valence-corrected chi connectivity index (χ1v) is 10.7. The molecule has 1 aliphatic rings. The number of aromatic nitrogens is 3. The van der Waals surface area contributed by atoms with Crippen LogP contribution in [0.15, 0.2) is 29.1 Å². The molecule has 0 aromatic carbocycles. The average molecular weight is 428 g/mol. The van der Waals surface area contributed by atoms with Crippen LogP contribution in [0.3, 0.4) is 0 Å². The zero-order valence-corrected chi connectivity index (χ0v) is 18.3. The molecular weight excluding hydrogens is 402 g/mol. The van der Waals surface area contributed by atoms with Crippen molar-refractivity contribution in [3.8, 4) is 10.4 Å². The maximum Gasteiger partial charge on any atom is 0.256 e. The summed E-state index contributed by atoms with van der Waals surface area (Å²) in [6.45, 7) is 9.72. The van der Waals surface area contributed by atoms with Gasteiger partial charge in [0.25, 0.3) is 5.91 Å². The second kappa shape index (κ2) is 8.53. The first-order valence-electron chi connectivity index (χ1n) is 9.93. The monoisotopic (exact) mass is 427 g/mol. The largest absolute Gasteiger partial charge is 0.372 e. The van der Waals surface area contributed by atoms with E-state index in [1.54, 1.807) is 18.3 Å². The molecule has 1 amide bonds. The highest BCUT2D eigenvalue weighted by Crippen LogP contribution is 2.36. The Bertz CT molecular complexity index is 1020. The van der Waals surface area contributed by atoms with Crippen molar-refractivity contribution in [1.82, 2.24) is 20.4 Å². The van der Waals surface area contributed by atoms with Crippen molar-refractivity contribution in [3.05, 3.63) is 47.2 Å². The lowest BCUT2D eigenvalue weighted by Crippen LogP contribution is -2.45. The Morgan fingerprint density at radius 2 is 2.03 bits per heavy atom. The number of amides is 1. The minimum atomic E-state index is -0.232. The Balaban J connectivity index is 1.61. The van der Waals surface area contributed by atoms with E-state index in [0.29, 0.717) is 17.8 Å². The van der Waals surface area contributed by atoms with E-state index in [-0.39, 0.29) is 18.1 Å². The molecule has 4 heterocycles. The molecule has 3 aromatic rings. The number of ether oxygens (including phenoxy) is 1. The zero-order chi connectivity index (χ0) is 21.3. The van der Waals surface area contributed by atoms with Crippen molar-refractivity contribution in [2.45, 2.75) is 46.4 Å². The van der Waals surface area contributed by atoms with Gasteiger partial charge in [0.05, 0.1) is 35.0 Å². The van der Waals surface area contributed by atoms with Gasteiger partial charge >= 0.3 is 0 Å². The number of nitrogens with one attached hydrogen (secondary N) is 1. The molecule has 4 rings (SSSR count). The number of carbonyl (C=O) groups excluding carboxylic acids is 1. The van der Waals surface area contributed by atoms with Crippen LogP contribution in [-0.2, 0) is 11.3 Å². The number of nitrogens with zero attached hydrogens (tertiary/aromatic N) is 4. The van der Waals surface area contributed by atoms with Crippen LogP contribution >= 0.6 is 11.3 Å². The average Bonchev–Trinajstić information content (AvgIpc) is 3.32. The van der Waals surface area contributed by atoms with Gasteiger partial charge < -0.3 is 19.5 Å². The Kier molecular flexibility index (Phi) is 5.83. The Morgan fingerprint density at radius 1 is 1.27 bits per heavy atom. The second-order valence-corrected chi connectivity index (χ2v) is 8.60. The summed E-state index contributed by atoms with van der Waals surface area (Å²) in [6.07, 6.45) is 3.49. The van der Waals surface area contributed by atoms with E-state index >= 15 is 0 Å². The SMILES string of the molecule is Cc1ccc(-c2sc(N3C[C@@H](C)O[C@@H](C)C3)nc2CNC(=O)c2conc2C)cn1.